The molecule has 3 aromatic carbocycles. The number of hydrogen-bond donors (Lipinski definition) is 1. The maximum absolute atomic E-state index is 13.7. The van der Waals surface area contributed by atoms with E-state index in [9.17, 15) is 23.1 Å². The number of nitrogens with zero attached hydrogens (tertiary/aromatic N) is 2. The Bertz CT molecular complexity index is 1210. The third-order valence-corrected chi connectivity index (χ3v) is 6.22. The van der Waals surface area contributed by atoms with E-state index in [4.69, 9.17) is 4.74 Å². The van der Waals surface area contributed by atoms with Crippen LogP contribution in [0, 0.1) is 0 Å². The number of carbonyl (C=O) groups is 1. The van der Waals surface area contributed by atoms with Crippen molar-refractivity contribution in [2.24, 2.45) is 5.10 Å². The van der Waals surface area contributed by atoms with Crippen LogP contribution in [0.25, 0.3) is 0 Å². The van der Waals surface area contributed by atoms with Crippen molar-refractivity contribution >= 4 is 11.6 Å². The molecule has 0 fully saturated rings. The number of alkyl halides is 3. The topological polar surface area (TPSA) is 62.1 Å². The highest BCUT2D eigenvalue weighted by atomic mass is 19.4. The zero-order valence-corrected chi connectivity index (χ0v) is 19.3. The van der Waals surface area contributed by atoms with E-state index >= 15 is 0 Å². The molecule has 1 heterocycles. The number of carbonyl (C=O) groups excluding carboxylic acids is 1. The van der Waals surface area contributed by atoms with Gasteiger partial charge in [-0.05, 0) is 28.8 Å². The lowest BCUT2D eigenvalue weighted by atomic mass is 9.78. The molecule has 1 atom stereocenters. The summed E-state index contributed by atoms with van der Waals surface area (Å²) in [4.78, 5) is 12.7. The van der Waals surface area contributed by atoms with E-state index in [1.165, 1.54) is 0 Å². The molecule has 0 saturated carbocycles. The first-order chi connectivity index (χ1) is 16.5. The molecule has 0 saturated heterocycles. The van der Waals surface area contributed by atoms with E-state index in [2.05, 4.69) is 18.9 Å². The molecular formula is C27H25F3N2O3. The summed E-state index contributed by atoms with van der Waals surface area (Å²) in [5.74, 6) is -0.794. The Morgan fingerprint density at radius 3 is 2.06 bits per heavy atom. The molecule has 0 spiro atoms. The van der Waals surface area contributed by atoms with Crippen molar-refractivity contribution in [3.8, 4) is 5.75 Å². The molecule has 1 amide bonds. The minimum absolute atomic E-state index is 0.0359. The average molecular weight is 483 g/mol. The summed E-state index contributed by atoms with van der Waals surface area (Å²) in [6, 6.07) is 25.1. The lowest BCUT2D eigenvalue weighted by Gasteiger charge is -2.32. The van der Waals surface area contributed by atoms with Gasteiger partial charge in [0.05, 0.1) is 12.1 Å². The number of halogens is 3. The number of aliphatic hydroxyl groups is 1. The van der Waals surface area contributed by atoms with Crippen molar-refractivity contribution in [2.45, 2.75) is 37.6 Å². The van der Waals surface area contributed by atoms with Crippen LogP contribution >= 0.6 is 0 Å². The molecule has 0 bridgehead atoms. The maximum Gasteiger partial charge on any atom is 0.438 e. The maximum atomic E-state index is 13.7. The molecule has 3 aromatic rings. The van der Waals surface area contributed by atoms with Crippen LogP contribution in [0.15, 0.2) is 90.0 Å². The predicted octanol–water partition coefficient (Wildman–Crippen LogP) is 5.28. The highest BCUT2D eigenvalue weighted by molar-refractivity contribution is 6.03. The standard InChI is InChI=1S/C27H25F3N2O3/c1-25(2,20-11-7-4-8-12-20)21-13-15-22(16-14-21)35-18-24(33)32-26(34,27(28,29)30)17-23(31-32)19-9-5-3-6-10-19/h3-16,34H,17-18H2,1-2H3/t26-/m0/s1. The minimum Gasteiger partial charge on any atom is -0.484 e. The van der Waals surface area contributed by atoms with Gasteiger partial charge < -0.3 is 9.84 Å². The predicted molar refractivity (Wildman–Crippen MR) is 126 cm³/mol. The number of benzene rings is 3. The first-order valence-electron chi connectivity index (χ1n) is 11.1. The molecule has 1 aliphatic heterocycles. The first-order valence-corrected chi connectivity index (χ1v) is 11.1. The van der Waals surface area contributed by atoms with Crippen molar-refractivity contribution in [3.63, 3.8) is 0 Å². The fourth-order valence-electron chi connectivity index (χ4n) is 4.02. The third-order valence-electron chi connectivity index (χ3n) is 6.22. The Morgan fingerprint density at radius 1 is 0.943 bits per heavy atom. The van der Waals surface area contributed by atoms with Crippen LogP contribution in [0.5, 0.6) is 5.75 Å². The SMILES string of the molecule is CC(C)(c1ccccc1)c1ccc(OCC(=O)N2N=C(c3ccccc3)C[C@]2(O)C(F)(F)F)cc1. The summed E-state index contributed by atoms with van der Waals surface area (Å²) in [7, 11) is 0. The fourth-order valence-corrected chi connectivity index (χ4v) is 4.02. The number of rotatable bonds is 6. The molecule has 1 aliphatic rings. The Morgan fingerprint density at radius 2 is 1.49 bits per heavy atom. The summed E-state index contributed by atoms with van der Waals surface area (Å²) in [6.45, 7) is 3.44. The molecule has 0 radical (unpaired) electrons. The Labute approximate surface area is 201 Å². The van der Waals surface area contributed by atoms with E-state index in [-0.39, 0.29) is 16.1 Å². The normalized spacial score (nSPS) is 18.3. The highest BCUT2D eigenvalue weighted by Gasteiger charge is 2.63. The van der Waals surface area contributed by atoms with Crippen LogP contribution in [0.2, 0.25) is 0 Å². The van der Waals surface area contributed by atoms with Crippen molar-refractivity contribution in [2.75, 3.05) is 6.61 Å². The monoisotopic (exact) mass is 482 g/mol. The number of hydrazone groups is 1. The van der Waals surface area contributed by atoms with Gasteiger partial charge in [0.1, 0.15) is 5.75 Å². The summed E-state index contributed by atoms with van der Waals surface area (Å²) < 4.78 is 46.7. The lowest BCUT2D eigenvalue weighted by Crippen LogP contribution is -2.57. The van der Waals surface area contributed by atoms with E-state index in [1.54, 1.807) is 42.5 Å². The van der Waals surface area contributed by atoms with Crippen LogP contribution < -0.4 is 4.74 Å². The van der Waals surface area contributed by atoms with Crippen LogP contribution in [-0.2, 0) is 10.2 Å². The van der Waals surface area contributed by atoms with Crippen LogP contribution in [-0.4, -0.2) is 40.2 Å². The molecule has 35 heavy (non-hydrogen) atoms. The van der Waals surface area contributed by atoms with Gasteiger partial charge in [-0.15, -0.1) is 0 Å². The minimum atomic E-state index is -5.10. The second-order valence-electron chi connectivity index (χ2n) is 8.91. The number of ether oxygens (including phenoxy) is 1. The summed E-state index contributed by atoms with van der Waals surface area (Å²) in [5.41, 5.74) is -1.24. The average Bonchev–Trinajstić information content (AvgIpc) is 3.23. The molecule has 5 nitrogen and oxygen atoms in total. The van der Waals surface area contributed by atoms with E-state index in [0.717, 1.165) is 11.1 Å². The van der Waals surface area contributed by atoms with Crippen molar-refractivity contribution < 1.29 is 27.8 Å². The zero-order valence-electron chi connectivity index (χ0n) is 19.3. The second kappa shape index (κ2) is 9.19. The van der Waals surface area contributed by atoms with Crippen LogP contribution in [0.4, 0.5) is 13.2 Å². The summed E-state index contributed by atoms with van der Waals surface area (Å²) in [6.07, 6.45) is -5.97. The number of amides is 1. The van der Waals surface area contributed by atoms with Gasteiger partial charge in [-0.2, -0.15) is 23.3 Å². The van der Waals surface area contributed by atoms with Gasteiger partial charge in [0, 0.05) is 5.41 Å². The van der Waals surface area contributed by atoms with Gasteiger partial charge in [-0.25, -0.2) is 0 Å². The Hall–Kier alpha value is -3.65. The van der Waals surface area contributed by atoms with Crippen LogP contribution in [0.1, 0.15) is 37.0 Å². The second-order valence-corrected chi connectivity index (χ2v) is 8.91. The Balaban J connectivity index is 1.49. The molecule has 0 unspecified atom stereocenters. The highest BCUT2D eigenvalue weighted by Crippen LogP contribution is 2.41. The van der Waals surface area contributed by atoms with Crippen molar-refractivity contribution in [1.82, 2.24) is 5.01 Å². The molecule has 0 aliphatic carbocycles. The fraction of sp³-hybridized carbons (Fsp3) is 0.259. The summed E-state index contributed by atoms with van der Waals surface area (Å²) in [5, 5.41) is 14.3. The van der Waals surface area contributed by atoms with Gasteiger partial charge in [0.2, 0.25) is 0 Å². The van der Waals surface area contributed by atoms with Gasteiger partial charge in [0.25, 0.3) is 11.6 Å². The number of hydrogen-bond acceptors (Lipinski definition) is 4. The molecule has 1 N–H and O–H groups in total. The van der Waals surface area contributed by atoms with E-state index in [0.29, 0.717) is 11.3 Å². The lowest BCUT2D eigenvalue weighted by molar-refractivity contribution is -0.302. The van der Waals surface area contributed by atoms with Gasteiger partial charge in [0.15, 0.2) is 6.61 Å². The molecule has 0 aromatic heterocycles. The van der Waals surface area contributed by atoms with E-state index in [1.807, 2.05) is 42.5 Å². The summed E-state index contributed by atoms with van der Waals surface area (Å²) >= 11 is 0. The first kappa shape index (κ1) is 24.5. The molecule has 8 heteroatoms. The largest absolute Gasteiger partial charge is 0.484 e. The molecule has 182 valence electrons. The smallest absolute Gasteiger partial charge is 0.438 e. The van der Waals surface area contributed by atoms with Gasteiger partial charge in [-0.1, -0.05) is 86.6 Å². The van der Waals surface area contributed by atoms with Gasteiger partial charge >= 0.3 is 6.18 Å². The van der Waals surface area contributed by atoms with Crippen LogP contribution in [0.3, 0.4) is 0 Å². The van der Waals surface area contributed by atoms with Gasteiger partial charge in [-0.3, -0.25) is 4.79 Å². The third kappa shape index (κ3) is 4.79. The zero-order chi connectivity index (χ0) is 25.3. The molecular weight excluding hydrogens is 457 g/mol. The van der Waals surface area contributed by atoms with Crippen molar-refractivity contribution in [1.29, 1.82) is 0 Å². The van der Waals surface area contributed by atoms with Crippen molar-refractivity contribution in [3.05, 3.63) is 102 Å². The quantitative estimate of drug-likeness (QED) is 0.520. The molecule has 4 rings (SSSR count). The van der Waals surface area contributed by atoms with E-state index < -0.39 is 30.8 Å². The Kier molecular flexibility index (Phi) is 6.42.